The number of nitriles is 1. The van der Waals surface area contributed by atoms with Crippen LogP contribution in [0.3, 0.4) is 0 Å². The molecular formula is C16H14ClFN2. The van der Waals surface area contributed by atoms with Crippen LogP contribution >= 0.6 is 11.6 Å². The summed E-state index contributed by atoms with van der Waals surface area (Å²) in [6, 6.07) is 14.3. The molecule has 0 saturated carbocycles. The summed E-state index contributed by atoms with van der Waals surface area (Å²) in [6.45, 7) is 0.514. The van der Waals surface area contributed by atoms with Gasteiger partial charge in [-0.2, -0.15) is 5.26 Å². The maximum Gasteiger partial charge on any atom is 0.146 e. The third kappa shape index (κ3) is 3.09. The van der Waals surface area contributed by atoms with Crippen molar-refractivity contribution in [2.45, 2.75) is 12.4 Å². The van der Waals surface area contributed by atoms with Gasteiger partial charge in [-0.1, -0.05) is 24.3 Å². The number of anilines is 1. The first-order chi connectivity index (χ1) is 9.65. The van der Waals surface area contributed by atoms with Crippen LogP contribution < -0.4 is 4.90 Å². The molecule has 0 N–H and O–H groups in total. The molecule has 0 fully saturated rings. The lowest BCUT2D eigenvalue weighted by atomic mass is 10.1. The summed E-state index contributed by atoms with van der Waals surface area (Å²) < 4.78 is 14.0. The molecule has 0 spiro atoms. The van der Waals surface area contributed by atoms with Crippen LogP contribution in [0.5, 0.6) is 0 Å². The average Bonchev–Trinajstić information content (AvgIpc) is 2.46. The van der Waals surface area contributed by atoms with Gasteiger partial charge in [-0.05, 0) is 29.3 Å². The molecule has 2 aromatic rings. The van der Waals surface area contributed by atoms with Gasteiger partial charge < -0.3 is 4.90 Å². The first kappa shape index (κ1) is 14.4. The van der Waals surface area contributed by atoms with Crippen molar-refractivity contribution in [1.82, 2.24) is 0 Å². The van der Waals surface area contributed by atoms with E-state index in [0.717, 1.165) is 11.1 Å². The van der Waals surface area contributed by atoms with Crippen LogP contribution in [0.25, 0.3) is 0 Å². The number of rotatable bonds is 4. The minimum atomic E-state index is -0.290. The van der Waals surface area contributed by atoms with Crippen molar-refractivity contribution >= 4 is 17.3 Å². The maximum absolute atomic E-state index is 14.0. The summed E-state index contributed by atoms with van der Waals surface area (Å²) in [5.74, 6) is -0.0301. The van der Waals surface area contributed by atoms with Crippen LogP contribution in [0.15, 0.2) is 42.5 Å². The molecule has 0 aliphatic rings. The second kappa shape index (κ2) is 6.40. The van der Waals surface area contributed by atoms with Crippen LogP contribution in [-0.4, -0.2) is 7.05 Å². The number of para-hydroxylation sites is 1. The number of hydrogen-bond donors (Lipinski definition) is 0. The number of alkyl halides is 1. The number of benzene rings is 2. The predicted molar refractivity (Wildman–Crippen MR) is 79.2 cm³/mol. The van der Waals surface area contributed by atoms with E-state index in [9.17, 15) is 4.39 Å². The smallest absolute Gasteiger partial charge is 0.146 e. The third-order valence-electron chi connectivity index (χ3n) is 3.07. The average molecular weight is 289 g/mol. The summed E-state index contributed by atoms with van der Waals surface area (Å²) in [5.41, 5.74) is 2.81. The summed E-state index contributed by atoms with van der Waals surface area (Å²) in [7, 11) is 1.81. The molecule has 2 aromatic carbocycles. The van der Waals surface area contributed by atoms with Crippen LogP contribution in [0.4, 0.5) is 10.1 Å². The highest BCUT2D eigenvalue weighted by molar-refractivity contribution is 6.17. The SMILES string of the molecule is CN(Cc1cccc(C#N)c1)c1c(F)cccc1CCl. The molecule has 0 aromatic heterocycles. The second-order valence-corrected chi connectivity index (χ2v) is 4.82. The van der Waals surface area contributed by atoms with Crippen molar-refractivity contribution in [1.29, 1.82) is 5.26 Å². The quantitative estimate of drug-likeness (QED) is 0.793. The standard InChI is InChI=1S/C16H14ClFN2/c1-20(11-13-5-2-4-12(8-13)10-19)16-14(9-17)6-3-7-15(16)18/h2-8H,9,11H2,1H3. The van der Waals surface area contributed by atoms with Gasteiger partial charge in [-0.3, -0.25) is 0 Å². The largest absolute Gasteiger partial charge is 0.368 e. The van der Waals surface area contributed by atoms with Crippen molar-refractivity contribution in [3.63, 3.8) is 0 Å². The van der Waals surface area contributed by atoms with Gasteiger partial charge in [0.1, 0.15) is 5.82 Å². The fourth-order valence-corrected chi connectivity index (χ4v) is 2.40. The number of nitrogens with zero attached hydrogens (tertiary/aromatic N) is 2. The van der Waals surface area contributed by atoms with Gasteiger partial charge in [0.2, 0.25) is 0 Å². The molecule has 0 aliphatic carbocycles. The lowest BCUT2D eigenvalue weighted by Crippen LogP contribution is -2.19. The number of hydrogen-bond acceptors (Lipinski definition) is 2. The maximum atomic E-state index is 14.0. The first-order valence-electron chi connectivity index (χ1n) is 6.19. The summed E-state index contributed by atoms with van der Waals surface area (Å²) in [6.07, 6.45) is 0. The van der Waals surface area contributed by atoms with E-state index in [1.54, 1.807) is 18.2 Å². The first-order valence-corrected chi connectivity index (χ1v) is 6.72. The molecular weight excluding hydrogens is 275 g/mol. The highest BCUT2D eigenvalue weighted by Gasteiger charge is 2.12. The molecule has 0 saturated heterocycles. The normalized spacial score (nSPS) is 10.1. The topological polar surface area (TPSA) is 27.0 Å². The number of halogens is 2. The van der Waals surface area contributed by atoms with E-state index in [4.69, 9.17) is 16.9 Å². The summed E-state index contributed by atoms with van der Waals surface area (Å²) >= 11 is 5.86. The van der Waals surface area contributed by atoms with E-state index < -0.39 is 0 Å². The lowest BCUT2D eigenvalue weighted by molar-refractivity contribution is 0.620. The molecule has 20 heavy (non-hydrogen) atoms. The van der Waals surface area contributed by atoms with Crippen LogP contribution in [0.1, 0.15) is 16.7 Å². The van der Waals surface area contributed by atoms with Crippen molar-refractivity contribution in [3.05, 3.63) is 65.0 Å². The molecule has 0 radical (unpaired) electrons. The predicted octanol–water partition coefficient (Wildman–Crippen LogP) is 4.07. The van der Waals surface area contributed by atoms with Crippen molar-refractivity contribution in [2.24, 2.45) is 0 Å². The van der Waals surface area contributed by atoms with Crippen molar-refractivity contribution in [2.75, 3.05) is 11.9 Å². The Kier molecular flexibility index (Phi) is 4.60. The Labute approximate surface area is 123 Å². The Morgan fingerprint density at radius 1 is 1.25 bits per heavy atom. The van der Waals surface area contributed by atoms with E-state index in [1.807, 2.05) is 30.1 Å². The third-order valence-corrected chi connectivity index (χ3v) is 3.36. The molecule has 0 bridgehead atoms. The van der Waals surface area contributed by atoms with Gasteiger partial charge in [0.15, 0.2) is 0 Å². The Morgan fingerprint density at radius 3 is 2.70 bits per heavy atom. The minimum Gasteiger partial charge on any atom is -0.368 e. The van der Waals surface area contributed by atoms with E-state index >= 15 is 0 Å². The fraction of sp³-hybridized carbons (Fsp3) is 0.188. The van der Waals surface area contributed by atoms with E-state index in [1.165, 1.54) is 6.07 Å². The second-order valence-electron chi connectivity index (χ2n) is 4.55. The van der Waals surface area contributed by atoms with Crippen molar-refractivity contribution in [3.8, 4) is 6.07 Å². The van der Waals surface area contributed by atoms with E-state index in [0.29, 0.717) is 17.8 Å². The van der Waals surface area contributed by atoms with Gasteiger partial charge in [0.05, 0.1) is 17.3 Å². The monoisotopic (exact) mass is 288 g/mol. The van der Waals surface area contributed by atoms with Gasteiger partial charge >= 0.3 is 0 Å². The van der Waals surface area contributed by atoms with Gasteiger partial charge in [0, 0.05) is 19.5 Å². The Bertz CT molecular complexity index is 649. The van der Waals surface area contributed by atoms with E-state index in [-0.39, 0.29) is 11.7 Å². The fourth-order valence-electron chi connectivity index (χ4n) is 2.19. The van der Waals surface area contributed by atoms with E-state index in [2.05, 4.69) is 6.07 Å². The Morgan fingerprint density at radius 2 is 2.00 bits per heavy atom. The van der Waals surface area contributed by atoms with Crippen molar-refractivity contribution < 1.29 is 4.39 Å². The molecule has 4 heteroatoms. The zero-order chi connectivity index (χ0) is 14.5. The van der Waals surface area contributed by atoms with Gasteiger partial charge in [-0.15, -0.1) is 11.6 Å². The summed E-state index contributed by atoms with van der Waals surface area (Å²) in [4.78, 5) is 1.81. The molecule has 0 atom stereocenters. The zero-order valence-electron chi connectivity index (χ0n) is 11.1. The summed E-state index contributed by atoms with van der Waals surface area (Å²) in [5, 5.41) is 8.90. The molecule has 0 aliphatic heterocycles. The Balaban J connectivity index is 2.28. The van der Waals surface area contributed by atoms with Crippen LogP contribution in [0.2, 0.25) is 0 Å². The van der Waals surface area contributed by atoms with Crippen LogP contribution in [-0.2, 0) is 12.4 Å². The highest BCUT2D eigenvalue weighted by Crippen LogP contribution is 2.26. The van der Waals surface area contributed by atoms with Gasteiger partial charge in [-0.25, -0.2) is 4.39 Å². The highest BCUT2D eigenvalue weighted by atomic mass is 35.5. The molecule has 102 valence electrons. The minimum absolute atomic E-state index is 0.260. The zero-order valence-corrected chi connectivity index (χ0v) is 11.9. The molecule has 2 rings (SSSR count). The van der Waals surface area contributed by atoms with Crippen LogP contribution in [0, 0.1) is 17.1 Å². The Hall–Kier alpha value is -2.05. The molecule has 2 nitrogen and oxygen atoms in total. The molecule has 0 amide bonds. The molecule has 0 heterocycles. The lowest BCUT2D eigenvalue weighted by Gasteiger charge is -2.22. The molecule has 0 unspecified atom stereocenters. The van der Waals surface area contributed by atoms with Gasteiger partial charge in [0.25, 0.3) is 0 Å².